The molecule has 1 fully saturated rings. The molecule has 7 heteroatoms. The lowest BCUT2D eigenvalue weighted by Gasteiger charge is -2.40. The second kappa shape index (κ2) is 9.39. The summed E-state index contributed by atoms with van der Waals surface area (Å²) in [5, 5.41) is 20.2. The van der Waals surface area contributed by atoms with E-state index in [-0.39, 0.29) is 25.0 Å². The average Bonchev–Trinajstić information content (AvgIpc) is 3.10. The zero-order valence-electron chi connectivity index (χ0n) is 19.2. The van der Waals surface area contributed by atoms with Gasteiger partial charge in [-0.1, -0.05) is 58.2 Å². The van der Waals surface area contributed by atoms with Crippen LogP contribution in [0.5, 0.6) is 0 Å². The van der Waals surface area contributed by atoms with Gasteiger partial charge in [0.15, 0.2) is 5.69 Å². The Morgan fingerprint density at radius 3 is 2.45 bits per heavy atom. The normalized spacial score (nSPS) is 17.3. The highest BCUT2D eigenvalue weighted by Gasteiger charge is 2.46. The quantitative estimate of drug-likeness (QED) is 0.631. The lowest BCUT2D eigenvalue weighted by molar-refractivity contribution is -0.131. The van der Waals surface area contributed by atoms with E-state index in [0.29, 0.717) is 11.6 Å². The minimum Gasteiger partial charge on any atom is -0.395 e. The highest BCUT2D eigenvalue weighted by atomic mass is 16.3. The maximum Gasteiger partial charge on any atom is 0.273 e. The number of benzene rings is 1. The van der Waals surface area contributed by atoms with E-state index in [1.807, 2.05) is 49.7 Å². The smallest absolute Gasteiger partial charge is 0.273 e. The summed E-state index contributed by atoms with van der Waals surface area (Å²) in [4.78, 5) is 26.3. The van der Waals surface area contributed by atoms with Gasteiger partial charge in [0.05, 0.1) is 12.1 Å². The predicted molar refractivity (Wildman–Crippen MR) is 122 cm³/mol. The van der Waals surface area contributed by atoms with Crippen LogP contribution < -0.4 is 10.6 Å². The van der Waals surface area contributed by atoms with E-state index >= 15 is 0 Å². The summed E-state index contributed by atoms with van der Waals surface area (Å²) in [5.41, 5.74) is -0.437. The highest BCUT2D eigenvalue weighted by Crippen LogP contribution is 2.32. The van der Waals surface area contributed by atoms with Crippen molar-refractivity contribution in [2.24, 2.45) is 11.3 Å². The summed E-state index contributed by atoms with van der Waals surface area (Å²) in [5.74, 6) is -0.111. The van der Waals surface area contributed by atoms with Crippen molar-refractivity contribution in [1.29, 1.82) is 0 Å². The first-order valence-corrected chi connectivity index (χ1v) is 11.3. The van der Waals surface area contributed by atoms with Crippen LogP contribution in [0.1, 0.15) is 70.3 Å². The molecule has 170 valence electrons. The van der Waals surface area contributed by atoms with Crippen LogP contribution in [0, 0.1) is 11.3 Å². The van der Waals surface area contributed by atoms with E-state index in [2.05, 4.69) is 10.6 Å². The number of aliphatic hydroxyl groups is 1. The molecule has 2 aromatic rings. The molecule has 1 aliphatic carbocycles. The molecular formula is C24H36N4O3. The van der Waals surface area contributed by atoms with Gasteiger partial charge in [-0.2, -0.15) is 5.10 Å². The fraction of sp³-hybridized carbons (Fsp3) is 0.625. The SMILES string of the molecule is CC(C)(C)[C@](C)(NC(=O)c1nn(CC2CCCCC2)c2ccccc12)C(=O)NCCO. The number of fused-ring (bicyclic) bond motifs is 1. The number of nitrogens with zero attached hydrogens (tertiary/aromatic N) is 2. The first-order valence-electron chi connectivity index (χ1n) is 11.3. The molecular weight excluding hydrogens is 392 g/mol. The lowest BCUT2D eigenvalue weighted by atomic mass is 9.74. The monoisotopic (exact) mass is 428 g/mol. The lowest BCUT2D eigenvalue weighted by Crippen LogP contribution is -2.64. The van der Waals surface area contributed by atoms with E-state index in [1.165, 1.54) is 32.1 Å². The van der Waals surface area contributed by atoms with Crippen LogP contribution in [-0.2, 0) is 11.3 Å². The Labute approximate surface area is 184 Å². The number of amides is 2. The first kappa shape index (κ1) is 23.3. The summed E-state index contributed by atoms with van der Waals surface area (Å²) in [7, 11) is 0. The van der Waals surface area contributed by atoms with Crippen LogP contribution in [0.4, 0.5) is 0 Å². The van der Waals surface area contributed by atoms with E-state index in [0.717, 1.165) is 17.4 Å². The van der Waals surface area contributed by atoms with Crippen molar-refractivity contribution in [2.45, 2.75) is 71.9 Å². The van der Waals surface area contributed by atoms with Crippen LogP contribution in [0.3, 0.4) is 0 Å². The Morgan fingerprint density at radius 2 is 1.81 bits per heavy atom. The van der Waals surface area contributed by atoms with Crippen molar-refractivity contribution in [3.05, 3.63) is 30.0 Å². The van der Waals surface area contributed by atoms with Crippen molar-refractivity contribution in [1.82, 2.24) is 20.4 Å². The van der Waals surface area contributed by atoms with Crippen LogP contribution >= 0.6 is 0 Å². The Morgan fingerprint density at radius 1 is 1.13 bits per heavy atom. The largest absolute Gasteiger partial charge is 0.395 e. The fourth-order valence-electron chi connectivity index (χ4n) is 4.27. The van der Waals surface area contributed by atoms with Crippen molar-refractivity contribution in [3.8, 4) is 0 Å². The molecule has 1 aromatic carbocycles. The Kier molecular flexibility index (Phi) is 7.04. The molecule has 3 rings (SSSR count). The number of aliphatic hydroxyl groups excluding tert-OH is 1. The van der Waals surface area contributed by atoms with Crippen LogP contribution in [-0.4, -0.2) is 45.4 Å². The third-order valence-electron chi connectivity index (χ3n) is 6.74. The van der Waals surface area contributed by atoms with Gasteiger partial charge in [-0.15, -0.1) is 0 Å². The number of nitrogens with one attached hydrogen (secondary N) is 2. The molecule has 3 N–H and O–H groups in total. The molecule has 0 radical (unpaired) electrons. The van der Waals surface area contributed by atoms with Gasteiger partial charge in [0.1, 0.15) is 5.54 Å². The summed E-state index contributed by atoms with van der Waals surface area (Å²) < 4.78 is 1.96. The number of carbonyl (C=O) groups excluding carboxylic acids is 2. The number of para-hydroxylation sites is 1. The second-order valence-electron chi connectivity index (χ2n) is 9.86. The van der Waals surface area contributed by atoms with Gasteiger partial charge in [0, 0.05) is 18.5 Å². The molecule has 31 heavy (non-hydrogen) atoms. The summed E-state index contributed by atoms with van der Waals surface area (Å²) in [6.07, 6.45) is 6.20. The molecule has 0 aliphatic heterocycles. The Hall–Kier alpha value is -2.41. The summed E-state index contributed by atoms with van der Waals surface area (Å²) in [6.45, 7) is 8.23. The van der Waals surface area contributed by atoms with Gasteiger partial charge in [0.2, 0.25) is 5.91 Å². The minimum absolute atomic E-state index is 0.138. The molecule has 0 unspecified atom stereocenters. The fourth-order valence-corrected chi connectivity index (χ4v) is 4.27. The number of hydrogen-bond donors (Lipinski definition) is 3. The van der Waals surface area contributed by atoms with Gasteiger partial charge in [-0.25, -0.2) is 0 Å². The van der Waals surface area contributed by atoms with Crippen LogP contribution in [0.2, 0.25) is 0 Å². The minimum atomic E-state index is -1.17. The Balaban J connectivity index is 1.91. The maximum atomic E-state index is 13.4. The third kappa shape index (κ3) is 4.92. The molecule has 1 atom stereocenters. The van der Waals surface area contributed by atoms with Crippen LogP contribution in [0.25, 0.3) is 10.9 Å². The average molecular weight is 429 g/mol. The van der Waals surface area contributed by atoms with E-state index < -0.39 is 11.0 Å². The molecule has 1 heterocycles. The van der Waals surface area contributed by atoms with Crippen molar-refractivity contribution >= 4 is 22.7 Å². The second-order valence-corrected chi connectivity index (χ2v) is 9.86. The van der Waals surface area contributed by atoms with Gasteiger partial charge in [-0.3, -0.25) is 14.3 Å². The number of hydrogen-bond acceptors (Lipinski definition) is 4. The zero-order valence-corrected chi connectivity index (χ0v) is 19.2. The molecule has 1 aliphatic rings. The standard InChI is InChI=1S/C24H36N4O3/c1-23(2,3)24(4,22(31)25-14-15-29)26-21(30)20-18-12-8-9-13-19(18)28(27-20)16-17-10-6-5-7-11-17/h8-9,12-13,17,29H,5-7,10-11,14-16H2,1-4H3,(H,25,31)(H,26,30)/t24-/m1/s1. The number of carbonyl (C=O) groups is 2. The van der Waals surface area contributed by atoms with E-state index in [9.17, 15) is 9.59 Å². The van der Waals surface area contributed by atoms with Gasteiger partial charge in [-0.05, 0) is 37.2 Å². The maximum absolute atomic E-state index is 13.4. The molecule has 0 bridgehead atoms. The molecule has 7 nitrogen and oxygen atoms in total. The number of aromatic nitrogens is 2. The van der Waals surface area contributed by atoms with Gasteiger partial charge in [0.25, 0.3) is 5.91 Å². The third-order valence-corrected chi connectivity index (χ3v) is 6.74. The van der Waals surface area contributed by atoms with Crippen molar-refractivity contribution < 1.29 is 14.7 Å². The van der Waals surface area contributed by atoms with Crippen molar-refractivity contribution in [2.75, 3.05) is 13.2 Å². The molecule has 1 saturated carbocycles. The topological polar surface area (TPSA) is 96.2 Å². The highest BCUT2D eigenvalue weighted by molar-refractivity contribution is 6.07. The first-order chi connectivity index (χ1) is 14.7. The molecule has 2 amide bonds. The zero-order chi connectivity index (χ0) is 22.6. The Bertz CT molecular complexity index is 925. The summed E-state index contributed by atoms with van der Waals surface area (Å²) in [6, 6.07) is 7.78. The molecule has 0 saturated heterocycles. The van der Waals surface area contributed by atoms with Crippen LogP contribution in [0.15, 0.2) is 24.3 Å². The van der Waals surface area contributed by atoms with Gasteiger partial charge >= 0.3 is 0 Å². The van der Waals surface area contributed by atoms with Gasteiger partial charge < -0.3 is 15.7 Å². The predicted octanol–water partition coefficient (Wildman–Crippen LogP) is 3.26. The van der Waals surface area contributed by atoms with E-state index in [1.54, 1.807) is 6.92 Å². The number of rotatable bonds is 7. The van der Waals surface area contributed by atoms with E-state index in [4.69, 9.17) is 10.2 Å². The van der Waals surface area contributed by atoms with Crippen molar-refractivity contribution in [3.63, 3.8) is 0 Å². The summed E-state index contributed by atoms with van der Waals surface area (Å²) >= 11 is 0. The molecule has 0 spiro atoms. The molecule has 1 aromatic heterocycles.